The summed E-state index contributed by atoms with van der Waals surface area (Å²) >= 11 is 5.85. The highest BCUT2D eigenvalue weighted by Crippen LogP contribution is 2.46. The first-order valence-corrected chi connectivity index (χ1v) is 15.3. The highest BCUT2D eigenvalue weighted by molar-refractivity contribution is 7.89. The maximum atomic E-state index is 13.7. The predicted molar refractivity (Wildman–Crippen MR) is 160 cm³/mol. The minimum absolute atomic E-state index is 0.124. The van der Waals surface area contributed by atoms with E-state index < -0.39 is 33.5 Å². The van der Waals surface area contributed by atoms with Crippen LogP contribution in [0.2, 0.25) is 5.02 Å². The van der Waals surface area contributed by atoms with Gasteiger partial charge in [-0.15, -0.1) is 0 Å². The maximum Gasteiger partial charge on any atom is 0.270 e. The fourth-order valence-corrected chi connectivity index (χ4v) is 6.16. The van der Waals surface area contributed by atoms with Crippen LogP contribution in [0.3, 0.4) is 0 Å². The molecule has 1 aliphatic rings. The van der Waals surface area contributed by atoms with Crippen molar-refractivity contribution in [2.45, 2.75) is 26.0 Å². The Hall–Kier alpha value is -4.41. The summed E-state index contributed by atoms with van der Waals surface area (Å²) in [5.41, 5.74) is 1.48. The molecular weight excluding hydrogens is 580 g/mol. The summed E-state index contributed by atoms with van der Waals surface area (Å²) in [7, 11) is -4.01. The SMILES string of the molecule is CCOc1c2c(c(OCC)c3ccccc13)C(=O)N(c1ccc(CS(=O)(=O)NC(=O)Cc3ccc(Cl)cc3)cc1)C2=O. The summed E-state index contributed by atoms with van der Waals surface area (Å²) in [5.74, 6) is -1.67. The van der Waals surface area contributed by atoms with Crippen molar-refractivity contribution >= 4 is 55.8 Å². The van der Waals surface area contributed by atoms with Crippen molar-refractivity contribution in [2.24, 2.45) is 0 Å². The van der Waals surface area contributed by atoms with Gasteiger partial charge in [0, 0.05) is 15.8 Å². The van der Waals surface area contributed by atoms with Gasteiger partial charge in [-0.1, -0.05) is 60.1 Å². The molecule has 42 heavy (non-hydrogen) atoms. The quantitative estimate of drug-likeness (QED) is 0.244. The predicted octanol–water partition coefficient (Wildman–Crippen LogP) is 5.28. The van der Waals surface area contributed by atoms with Crippen LogP contribution in [0, 0.1) is 0 Å². The highest BCUT2D eigenvalue weighted by atomic mass is 35.5. The third-order valence-corrected chi connectivity index (χ3v) is 8.13. The summed E-state index contributed by atoms with van der Waals surface area (Å²) in [4.78, 5) is 40.8. The van der Waals surface area contributed by atoms with E-state index in [0.29, 0.717) is 38.4 Å². The monoisotopic (exact) mass is 606 g/mol. The standard InChI is InChI=1S/C31H27ClN2O7S/c1-3-40-28-23-7-5-6-8-24(23)29(41-4-2)27-26(28)30(36)34(31(27)37)22-15-11-20(12-16-22)18-42(38,39)33-25(35)17-19-9-13-21(32)14-10-19/h5-16H,3-4,17-18H2,1-2H3,(H,33,35). The zero-order valence-corrected chi connectivity index (χ0v) is 24.4. The van der Waals surface area contributed by atoms with Crippen LogP contribution in [0.15, 0.2) is 72.8 Å². The Labute approximate surface area is 248 Å². The van der Waals surface area contributed by atoms with Crippen molar-refractivity contribution in [3.63, 3.8) is 0 Å². The Bertz CT molecular complexity index is 1740. The molecule has 0 aromatic heterocycles. The molecule has 4 aromatic carbocycles. The number of nitrogens with one attached hydrogen (secondary N) is 1. The number of nitrogens with zero attached hydrogens (tertiary/aromatic N) is 1. The molecule has 0 fully saturated rings. The minimum Gasteiger partial charge on any atom is -0.492 e. The van der Waals surface area contributed by atoms with Gasteiger partial charge < -0.3 is 9.47 Å². The van der Waals surface area contributed by atoms with Gasteiger partial charge in [0.1, 0.15) is 11.5 Å². The van der Waals surface area contributed by atoms with Crippen molar-refractivity contribution in [2.75, 3.05) is 18.1 Å². The van der Waals surface area contributed by atoms with Gasteiger partial charge in [0.2, 0.25) is 15.9 Å². The van der Waals surface area contributed by atoms with Crippen LogP contribution >= 0.6 is 11.6 Å². The molecule has 0 spiro atoms. The number of imide groups is 1. The number of benzene rings is 4. The fraction of sp³-hybridized carbons (Fsp3) is 0.194. The molecule has 0 atom stereocenters. The Morgan fingerprint density at radius 2 is 1.29 bits per heavy atom. The first-order chi connectivity index (χ1) is 20.1. The van der Waals surface area contributed by atoms with Crippen LogP contribution in [-0.2, 0) is 27.0 Å². The van der Waals surface area contributed by atoms with Gasteiger partial charge in [-0.25, -0.2) is 13.3 Å². The van der Waals surface area contributed by atoms with Crippen molar-refractivity contribution in [3.8, 4) is 11.5 Å². The molecule has 216 valence electrons. The fourth-order valence-electron chi connectivity index (χ4n) is 4.92. The molecular formula is C31H27ClN2O7S. The number of hydrogen-bond acceptors (Lipinski definition) is 7. The van der Waals surface area contributed by atoms with Gasteiger partial charge >= 0.3 is 0 Å². The lowest BCUT2D eigenvalue weighted by Crippen LogP contribution is -2.32. The summed E-state index contributed by atoms with van der Waals surface area (Å²) in [6.07, 6.45) is -0.127. The normalized spacial score (nSPS) is 12.9. The molecule has 0 bridgehead atoms. The molecule has 9 nitrogen and oxygen atoms in total. The van der Waals surface area contributed by atoms with Crippen LogP contribution in [0.4, 0.5) is 5.69 Å². The average Bonchev–Trinajstić information content (AvgIpc) is 3.21. The summed E-state index contributed by atoms with van der Waals surface area (Å²) < 4.78 is 39.2. The van der Waals surface area contributed by atoms with E-state index in [0.717, 1.165) is 4.90 Å². The van der Waals surface area contributed by atoms with Crippen LogP contribution in [0.5, 0.6) is 11.5 Å². The lowest BCUT2D eigenvalue weighted by molar-refractivity contribution is -0.118. The lowest BCUT2D eigenvalue weighted by atomic mass is 9.99. The number of hydrogen-bond donors (Lipinski definition) is 1. The maximum absolute atomic E-state index is 13.7. The number of halogens is 1. The number of anilines is 1. The Kier molecular flexibility index (Phi) is 8.20. The molecule has 5 rings (SSSR count). The van der Waals surface area contributed by atoms with Gasteiger partial charge in [0.15, 0.2) is 0 Å². The summed E-state index contributed by atoms with van der Waals surface area (Å²) in [5, 5.41) is 1.82. The molecule has 0 saturated carbocycles. The Balaban J connectivity index is 1.39. The topological polar surface area (TPSA) is 119 Å². The second-order valence-electron chi connectivity index (χ2n) is 9.52. The van der Waals surface area contributed by atoms with Gasteiger partial charge in [-0.2, -0.15) is 0 Å². The average molecular weight is 607 g/mol. The number of carbonyl (C=O) groups excluding carboxylic acids is 3. The molecule has 0 unspecified atom stereocenters. The van der Waals surface area contributed by atoms with E-state index in [1.165, 1.54) is 24.3 Å². The number of sulfonamides is 1. The third kappa shape index (κ3) is 5.68. The molecule has 4 aromatic rings. The van der Waals surface area contributed by atoms with Crippen LogP contribution in [0.1, 0.15) is 45.7 Å². The number of rotatable bonds is 10. The second kappa shape index (κ2) is 11.8. The van der Waals surface area contributed by atoms with Gasteiger partial charge in [0.05, 0.1) is 42.2 Å². The second-order valence-corrected chi connectivity index (χ2v) is 11.7. The van der Waals surface area contributed by atoms with E-state index in [9.17, 15) is 22.8 Å². The van der Waals surface area contributed by atoms with Crippen LogP contribution in [0.25, 0.3) is 10.8 Å². The van der Waals surface area contributed by atoms with Crippen molar-refractivity contribution in [1.82, 2.24) is 4.72 Å². The minimum atomic E-state index is -4.01. The zero-order chi connectivity index (χ0) is 30.0. The smallest absolute Gasteiger partial charge is 0.270 e. The van der Waals surface area contributed by atoms with E-state index in [4.69, 9.17) is 21.1 Å². The molecule has 1 N–H and O–H groups in total. The Morgan fingerprint density at radius 1 is 0.786 bits per heavy atom. The summed E-state index contributed by atoms with van der Waals surface area (Å²) in [6, 6.07) is 19.7. The van der Waals surface area contributed by atoms with Crippen LogP contribution < -0.4 is 19.1 Å². The number of fused-ring (bicyclic) bond motifs is 2. The lowest BCUT2D eigenvalue weighted by Gasteiger charge is -2.15. The largest absolute Gasteiger partial charge is 0.492 e. The van der Waals surface area contributed by atoms with E-state index in [2.05, 4.69) is 4.72 Å². The van der Waals surface area contributed by atoms with Crippen LogP contribution in [-0.4, -0.2) is 39.4 Å². The first kappa shape index (κ1) is 29.1. The number of amides is 3. The molecule has 3 amide bonds. The zero-order valence-electron chi connectivity index (χ0n) is 22.8. The molecule has 1 heterocycles. The molecule has 1 aliphatic heterocycles. The highest BCUT2D eigenvalue weighted by Gasteiger charge is 2.43. The third-order valence-electron chi connectivity index (χ3n) is 6.63. The van der Waals surface area contributed by atoms with Crippen molar-refractivity contribution < 1.29 is 32.3 Å². The van der Waals surface area contributed by atoms with Gasteiger partial charge in [0.25, 0.3) is 11.8 Å². The van der Waals surface area contributed by atoms with E-state index in [1.807, 2.05) is 24.3 Å². The van der Waals surface area contributed by atoms with Gasteiger partial charge in [-0.05, 0) is 49.2 Å². The molecule has 0 aliphatic carbocycles. The molecule has 11 heteroatoms. The van der Waals surface area contributed by atoms with Crippen molar-refractivity contribution in [1.29, 1.82) is 0 Å². The van der Waals surface area contributed by atoms with E-state index in [-0.39, 0.29) is 36.4 Å². The molecule has 0 saturated heterocycles. The molecule has 0 radical (unpaired) electrons. The number of ether oxygens (including phenoxy) is 2. The Morgan fingerprint density at radius 3 is 1.79 bits per heavy atom. The van der Waals surface area contributed by atoms with E-state index in [1.54, 1.807) is 38.1 Å². The van der Waals surface area contributed by atoms with E-state index >= 15 is 0 Å². The first-order valence-electron chi connectivity index (χ1n) is 13.2. The summed E-state index contributed by atoms with van der Waals surface area (Å²) in [6.45, 7) is 4.16. The van der Waals surface area contributed by atoms with Gasteiger partial charge in [-0.3, -0.25) is 19.1 Å². The van der Waals surface area contributed by atoms with Crippen molar-refractivity contribution in [3.05, 3.63) is 100 Å². The number of carbonyl (C=O) groups is 3.